The lowest BCUT2D eigenvalue weighted by molar-refractivity contribution is -0.141. The monoisotopic (exact) mass is 539 g/mol. The molecule has 0 aromatic heterocycles. The SMILES string of the molecule is CCCNC(=O)[C@H]1[C@H]2C(=O)N([C@H](C)CO)C(C(=O)Nc3ccc(OC)cc3)C23CC(Br)[C@@H]1S3. The number of hydrogen-bond acceptors (Lipinski definition) is 6. The molecule has 2 bridgehead atoms. The van der Waals surface area contributed by atoms with Crippen LogP contribution in [0.1, 0.15) is 26.7 Å². The molecule has 10 heteroatoms. The second kappa shape index (κ2) is 9.46. The van der Waals surface area contributed by atoms with Gasteiger partial charge in [0, 0.05) is 22.3 Å². The fourth-order valence-corrected chi connectivity index (χ4v) is 9.08. The topological polar surface area (TPSA) is 108 Å². The normalized spacial score (nSPS) is 33.1. The van der Waals surface area contributed by atoms with Gasteiger partial charge in [-0.25, -0.2) is 0 Å². The number of rotatable bonds is 8. The molecule has 8 nitrogen and oxygen atoms in total. The van der Waals surface area contributed by atoms with Crippen LogP contribution >= 0.6 is 27.7 Å². The van der Waals surface area contributed by atoms with E-state index >= 15 is 0 Å². The van der Waals surface area contributed by atoms with Crippen molar-refractivity contribution in [2.24, 2.45) is 11.8 Å². The quantitative estimate of drug-likeness (QED) is 0.436. The zero-order chi connectivity index (χ0) is 23.9. The van der Waals surface area contributed by atoms with Crippen LogP contribution in [0.25, 0.3) is 0 Å². The van der Waals surface area contributed by atoms with Gasteiger partial charge in [0.15, 0.2) is 0 Å². The van der Waals surface area contributed by atoms with Crippen molar-refractivity contribution in [3.63, 3.8) is 0 Å². The third kappa shape index (κ3) is 3.93. The van der Waals surface area contributed by atoms with Gasteiger partial charge in [-0.2, -0.15) is 0 Å². The Hall–Kier alpha value is -1.78. The molecule has 3 unspecified atom stereocenters. The Kier molecular flexibility index (Phi) is 6.98. The second-order valence-corrected chi connectivity index (χ2v) is 11.7. The van der Waals surface area contributed by atoms with Crippen LogP contribution in [-0.2, 0) is 14.4 Å². The molecule has 180 valence electrons. The van der Waals surface area contributed by atoms with E-state index in [4.69, 9.17) is 4.74 Å². The number of alkyl halides is 1. The first kappa shape index (κ1) is 24.3. The molecule has 3 amide bonds. The van der Waals surface area contributed by atoms with Crippen LogP contribution in [-0.4, -0.2) is 74.9 Å². The number of anilines is 1. The fourth-order valence-electron chi connectivity index (χ4n) is 5.48. The third-order valence-electron chi connectivity index (χ3n) is 6.92. The zero-order valence-electron chi connectivity index (χ0n) is 18.9. The molecule has 3 fully saturated rings. The van der Waals surface area contributed by atoms with Crippen molar-refractivity contribution >= 4 is 51.1 Å². The molecule has 1 aromatic rings. The van der Waals surface area contributed by atoms with Gasteiger partial charge < -0.3 is 25.4 Å². The molecule has 1 aromatic carbocycles. The predicted molar refractivity (Wildman–Crippen MR) is 131 cm³/mol. The maximum absolute atomic E-state index is 13.7. The van der Waals surface area contributed by atoms with Crippen molar-refractivity contribution in [1.29, 1.82) is 0 Å². The van der Waals surface area contributed by atoms with E-state index < -0.39 is 28.7 Å². The number of nitrogens with zero attached hydrogens (tertiary/aromatic N) is 1. The summed E-state index contributed by atoms with van der Waals surface area (Å²) in [4.78, 5) is 42.1. The molecule has 3 N–H and O–H groups in total. The highest BCUT2D eigenvalue weighted by atomic mass is 79.9. The van der Waals surface area contributed by atoms with Crippen LogP contribution in [0.15, 0.2) is 24.3 Å². The lowest BCUT2D eigenvalue weighted by atomic mass is 9.70. The van der Waals surface area contributed by atoms with E-state index in [1.54, 1.807) is 50.1 Å². The van der Waals surface area contributed by atoms with Gasteiger partial charge in [0.2, 0.25) is 17.7 Å². The molecule has 0 radical (unpaired) electrons. The van der Waals surface area contributed by atoms with Gasteiger partial charge in [0.1, 0.15) is 11.8 Å². The van der Waals surface area contributed by atoms with Crippen molar-refractivity contribution < 1.29 is 24.2 Å². The van der Waals surface area contributed by atoms with Crippen LogP contribution in [0.3, 0.4) is 0 Å². The first-order valence-corrected chi connectivity index (χ1v) is 13.1. The Morgan fingerprint density at radius 1 is 1.33 bits per heavy atom. The molecule has 3 heterocycles. The molecule has 3 saturated heterocycles. The summed E-state index contributed by atoms with van der Waals surface area (Å²) in [6.45, 7) is 4.00. The smallest absolute Gasteiger partial charge is 0.248 e. The average Bonchev–Trinajstić information content (AvgIpc) is 3.40. The summed E-state index contributed by atoms with van der Waals surface area (Å²) in [5.74, 6) is -1.10. The van der Waals surface area contributed by atoms with Crippen LogP contribution in [0.4, 0.5) is 5.69 Å². The number of thioether (sulfide) groups is 1. The lowest BCUT2D eigenvalue weighted by Crippen LogP contribution is -2.55. The van der Waals surface area contributed by atoms with Gasteiger partial charge in [0.05, 0.1) is 36.3 Å². The minimum atomic E-state index is -0.793. The van der Waals surface area contributed by atoms with E-state index in [1.807, 2.05) is 6.92 Å². The summed E-state index contributed by atoms with van der Waals surface area (Å²) in [6.07, 6.45) is 1.41. The minimum Gasteiger partial charge on any atom is -0.497 e. The van der Waals surface area contributed by atoms with Crippen LogP contribution in [0.2, 0.25) is 0 Å². The summed E-state index contributed by atoms with van der Waals surface area (Å²) in [7, 11) is 1.57. The van der Waals surface area contributed by atoms with Crippen LogP contribution < -0.4 is 15.4 Å². The lowest BCUT2D eigenvalue weighted by Gasteiger charge is -2.36. The Morgan fingerprint density at radius 2 is 2.03 bits per heavy atom. The van der Waals surface area contributed by atoms with Gasteiger partial charge in [-0.3, -0.25) is 14.4 Å². The van der Waals surface area contributed by atoms with Crippen molar-refractivity contribution in [2.45, 2.75) is 53.6 Å². The Bertz CT molecular complexity index is 931. The highest BCUT2D eigenvalue weighted by Gasteiger charge is 2.75. The first-order valence-electron chi connectivity index (χ1n) is 11.3. The van der Waals surface area contributed by atoms with Gasteiger partial charge in [0.25, 0.3) is 0 Å². The molecule has 4 rings (SSSR count). The number of fused-ring (bicyclic) bond motifs is 1. The van der Waals surface area contributed by atoms with Crippen LogP contribution in [0.5, 0.6) is 5.75 Å². The Labute approximate surface area is 206 Å². The molecular weight excluding hydrogens is 510 g/mol. The van der Waals surface area contributed by atoms with Gasteiger partial charge in [-0.1, -0.05) is 22.9 Å². The maximum Gasteiger partial charge on any atom is 0.248 e. The minimum absolute atomic E-state index is 0.0181. The van der Waals surface area contributed by atoms with Gasteiger partial charge in [-0.15, -0.1) is 11.8 Å². The highest BCUT2D eigenvalue weighted by Crippen LogP contribution is 2.68. The number of likely N-dealkylation sites (tertiary alicyclic amines) is 1. The second-order valence-electron chi connectivity index (χ2n) is 8.95. The molecule has 3 aliphatic rings. The summed E-state index contributed by atoms with van der Waals surface area (Å²) >= 11 is 5.31. The molecule has 3 aliphatic heterocycles. The van der Waals surface area contributed by atoms with Crippen molar-refractivity contribution in [3.05, 3.63) is 24.3 Å². The van der Waals surface area contributed by atoms with E-state index in [-0.39, 0.29) is 34.4 Å². The van der Waals surface area contributed by atoms with Crippen molar-refractivity contribution in [1.82, 2.24) is 10.2 Å². The van der Waals surface area contributed by atoms with E-state index in [9.17, 15) is 19.5 Å². The van der Waals surface area contributed by atoms with Crippen molar-refractivity contribution in [2.75, 3.05) is 25.6 Å². The average molecular weight is 540 g/mol. The number of aliphatic hydroxyl groups excluding tert-OH is 1. The number of carbonyl (C=O) groups excluding carboxylic acids is 3. The number of ether oxygens (including phenoxy) is 1. The first-order chi connectivity index (χ1) is 15.8. The largest absolute Gasteiger partial charge is 0.497 e. The molecule has 7 atom stereocenters. The number of benzene rings is 1. The van der Waals surface area contributed by atoms with Crippen LogP contribution in [0, 0.1) is 11.8 Å². The molecule has 33 heavy (non-hydrogen) atoms. The molecule has 0 saturated carbocycles. The molecule has 0 aliphatic carbocycles. The zero-order valence-corrected chi connectivity index (χ0v) is 21.3. The standard InChI is InChI=1S/C23H30BrN3O5S/c1-4-9-25-20(29)16-17-22(31)27(12(2)11-28)19(23(17)10-15(24)18(16)33-23)21(30)26-13-5-7-14(32-3)8-6-13/h5-8,12,15-19,28H,4,9-11H2,1-3H3,(H,25,29)(H,26,30)/t12-,15?,16+,17+,18+,19?,23?/m1/s1. The number of nitrogens with one attached hydrogen (secondary N) is 2. The number of hydrogen-bond donors (Lipinski definition) is 3. The Balaban J connectivity index is 1.69. The summed E-state index contributed by atoms with van der Waals surface area (Å²) in [5.41, 5.74) is 0.592. The third-order valence-corrected chi connectivity index (χ3v) is 10.1. The van der Waals surface area contributed by atoms with E-state index in [1.165, 1.54) is 4.90 Å². The number of carbonyl (C=O) groups is 3. The van der Waals surface area contributed by atoms with Gasteiger partial charge in [-0.05, 0) is 44.0 Å². The maximum atomic E-state index is 13.7. The highest BCUT2D eigenvalue weighted by molar-refractivity contribution is 9.09. The number of aliphatic hydroxyl groups is 1. The summed E-state index contributed by atoms with van der Waals surface area (Å²) < 4.78 is 4.45. The van der Waals surface area contributed by atoms with Gasteiger partial charge >= 0.3 is 0 Å². The van der Waals surface area contributed by atoms with Crippen molar-refractivity contribution in [3.8, 4) is 5.75 Å². The fraction of sp³-hybridized carbons (Fsp3) is 0.609. The van der Waals surface area contributed by atoms with E-state index in [0.29, 0.717) is 24.4 Å². The molecular formula is C23H30BrN3O5S. The molecule has 1 spiro atoms. The summed E-state index contributed by atoms with van der Waals surface area (Å²) in [5, 5.41) is 15.7. The predicted octanol–water partition coefficient (Wildman–Crippen LogP) is 2.01. The van der Waals surface area contributed by atoms with E-state index in [0.717, 1.165) is 6.42 Å². The number of methoxy groups -OCH3 is 1. The summed E-state index contributed by atoms with van der Waals surface area (Å²) in [6, 6.07) is 5.66. The number of halogens is 1. The Morgan fingerprint density at radius 3 is 2.64 bits per heavy atom. The van der Waals surface area contributed by atoms with E-state index in [2.05, 4.69) is 26.6 Å². The number of amides is 3.